The van der Waals surface area contributed by atoms with Gasteiger partial charge in [0.25, 0.3) is 5.91 Å². The highest BCUT2D eigenvalue weighted by Gasteiger charge is 2.52. The van der Waals surface area contributed by atoms with E-state index in [2.05, 4.69) is 19.2 Å². The lowest BCUT2D eigenvalue weighted by atomic mass is 9.94. The van der Waals surface area contributed by atoms with Crippen LogP contribution in [0.15, 0.2) is 42.5 Å². The summed E-state index contributed by atoms with van der Waals surface area (Å²) in [6, 6.07) is 11.4. The van der Waals surface area contributed by atoms with Crippen LogP contribution in [0.25, 0.3) is 0 Å². The van der Waals surface area contributed by atoms with Crippen molar-refractivity contribution in [3.63, 3.8) is 0 Å². The van der Waals surface area contributed by atoms with Gasteiger partial charge in [0.15, 0.2) is 11.5 Å². The molecule has 0 bridgehead atoms. The second-order valence-electron chi connectivity index (χ2n) is 9.77. The molecular formula is C28H36FN3O4. The summed E-state index contributed by atoms with van der Waals surface area (Å²) in [5.74, 6) is 1.06. The van der Waals surface area contributed by atoms with Gasteiger partial charge in [-0.25, -0.2) is 4.39 Å². The van der Waals surface area contributed by atoms with Crippen LogP contribution in [-0.2, 0) is 11.2 Å². The summed E-state index contributed by atoms with van der Waals surface area (Å²) < 4.78 is 24.4. The first-order valence-electron chi connectivity index (χ1n) is 12.7. The van der Waals surface area contributed by atoms with Gasteiger partial charge in [0.05, 0.1) is 25.9 Å². The predicted octanol–water partition coefficient (Wildman–Crippen LogP) is 3.86. The average molecular weight is 498 g/mol. The Kier molecular flexibility index (Phi) is 7.83. The maximum Gasteiger partial charge on any atom is 0.253 e. The Bertz CT molecular complexity index is 1100. The molecule has 8 heteroatoms. The number of carbonyl (C=O) groups is 2. The van der Waals surface area contributed by atoms with Crippen LogP contribution in [0.5, 0.6) is 11.5 Å². The zero-order chi connectivity index (χ0) is 25.9. The SMILES string of the molecule is CC[C@H](C)[C@H]1NC2(CCN(C(=O)c3cccc(F)c3)CC2)N(CCc2ccc(OC)c(OC)c2)C1=O. The number of rotatable bonds is 8. The number of halogens is 1. The van der Waals surface area contributed by atoms with Crippen LogP contribution in [0.4, 0.5) is 4.39 Å². The number of benzene rings is 2. The molecule has 0 radical (unpaired) electrons. The number of nitrogens with one attached hydrogen (secondary N) is 1. The Labute approximate surface area is 212 Å². The third kappa shape index (κ3) is 5.05. The molecule has 1 N–H and O–H groups in total. The van der Waals surface area contributed by atoms with Crippen molar-refractivity contribution in [1.82, 2.24) is 15.1 Å². The lowest BCUT2D eigenvalue weighted by Gasteiger charge is -2.45. The molecule has 0 saturated carbocycles. The monoisotopic (exact) mass is 497 g/mol. The minimum atomic E-state index is -0.500. The number of ether oxygens (including phenoxy) is 2. The summed E-state index contributed by atoms with van der Waals surface area (Å²) in [5.41, 5.74) is 0.908. The Balaban J connectivity index is 1.51. The largest absolute Gasteiger partial charge is 0.493 e. The number of hydrogen-bond donors (Lipinski definition) is 1. The normalized spacial score (nSPS) is 20.0. The number of piperidine rings is 1. The fraction of sp³-hybridized carbons (Fsp3) is 0.500. The van der Waals surface area contributed by atoms with Crippen molar-refractivity contribution in [2.24, 2.45) is 5.92 Å². The lowest BCUT2D eigenvalue weighted by molar-refractivity contribution is -0.133. The fourth-order valence-electron chi connectivity index (χ4n) is 5.33. The minimum absolute atomic E-state index is 0.120. The highest BCUT2D eigenvalue weighted by molar-refractivity contribution is 5.94. The van der Waals surface area contributed by atoms with Crippen molar-refractivity contribution in [2.75, 3.05) is 33.9 Å². The molecule has 2 aromatic carbocycles. The quantitative estimate of drug-likeness (QED) is 0.600. The first kappa shape index (κ1) is 25.9. The smallest absolute Gasteiger partial charge is 0.253 e. The Hall–Kier alpha value is -3.13. The first-order valence-corrected chi connectivity index (χ1v) is 12.7. The van der Waals surface area contributed by atoms with E-state index in [1.165, 1.54) is 12.1 Å². The van der Waals surface area contributed by atoms with E-state index in [0.29, 0.717) is 56.0 Å². The number of likely N-dealkylation sites (tertiary alicyclic amines) is 1. The van der Waals surface area contributed by atoms with E-state index in [-0.39, 0.29) is 23.8 Å². The molecule has 2 amide bonds. The van der Waals surface area contributed by atoms with E-state index in [9.17, 15) is 14.0 Å². The number of carbonyl (C=O) groups excluding carboxylic acids is 2. The van der Waals surface area contributed by atoms with Crippen molar-refractivity contribution >= 4 is 11.8 Å². The number of hydrogen-bond acceptors (Lipinski definition) is 5. The molecule has 2 aliphatic heterocycles. The molecule has 2 atom stereocenters. The molecule has 2 saturated heterocycles. The Morgan fingerprint density at radius 2 is 1.86 bits per heavy atom. The van der Waals surface area contributed by atoms with Crippen LogP contribution in [-0.4, -0.2) is 67.2 Å². The molecule has 2 heterocycles. The summed E-state index contributed by atoms with van der Waals surface area (Å²) in [4.78, 5) is 30.3. The maximum atomic E-state index is 13.7. The first-order chi connectivity index (χ1) is 17.3. The van der Waals surface area contributed by atoms with Gasteiger partial charge in [0, 0.05) is 38.0 Å². The molecule has 1 spiro atoms. The van der Waals surface area contributed by atoms with Crippen LogP contribution in [0.1, 0.15) is 49.0 Å². The molecule has 2 aliphatic rings. The van der Waals surface area contributed by atoms with E-state index in [1.54, 1.807) is 31.3 Å². The highest BCUT2D eigenvalue weighted by atomic mass is 19.1. The predicted molar refractivity (Wildman–Crippen MR) is 136 cm³/mol. The second kappa shape index (κ2) is 10.9. The third-order valence-corrected chi connectivity index (χ3v) is 7.71. The summed E-state index contributed by atoms with van der Waals surface area (Å²) in [7, 11) is 3.22. The molecule has 4 rings (SSSR count). The van der Waals surface area contributed by atoms with Gasteiger partial charge < -0.3 is 19.3 Å². The van der Waals surface area contributed by atoms with Gasteiger partial charge in [-0.1, -0.05) is 32.4 Å². The summed E-state index contributed by atoms with van der Waals surface area (Å²) in [5, 5.41) is 3.68. The van der Waals surface area contributed by atoms with Gasteiger partial charge in [-0.15, -0.1) is 0 Å². The van der Waals surface area contributed by atoms with Gasteiger partial charge in [0.1, 0.15) is 5.82 Å². The van der Waals surface area contributed by atoms with Gasteiger partial charge in [-0.3, -0.25) is 14.9 Å². The zero-order valence-corrected chi connectivity index (χ0v) is 21.6. The zero-order valence-electron chi connectivity index (χ0n) is 21.6. The van der Waals surface area contributed by atoms with Crippen LogP contribution < -0.4 is 14.8 Å². The van der Waals surface area contributed by atoms with Crippen molar-refractivity contribution in [3.05, 3.63) is 59.4 Å². The summed E-state index contributed by atoms with van der Waals surface area (Å²) in [6.45, 7) is 5.75. The third-order valence-electron chi connectivity index (χ3n) is 7.71. The van der Waals surface area contributed by atoms with Crippen molar-refractivity contribution in [2.45, 2.75) is 51.2 Å². The van der Waals surface area contributed by atoms with E-state index in [1.807, 2.05) is 23.1 Å². The molecule has 7 nitrogen and oxygen atoms in total. The van der Waals surface area contributed by atoms with Gasteiger partial charge >= 0.3 is 0 Å². The average Bonchev–Trinajstić information content (AvgIpc) is 3.17. The number of nitrogens with zero attached hydrogens (tertiary/aromatic N) is 2. The van der Waals surface area contributed by atoms with E-state index < -0.39 is 11.5 Å². The fourth-order valence-corrected chi connectivity index (χ4v) is 5.33. The molecule has 0 aromatic heterocycles. The van der Waals surface area contributed by atoms with Crippen LogP contribution in [0.3, 0.4) is 0 Å². The maximum absolute atomic E-state index is 13.7. The van der Waals surface area contributed by atoms with Crippen LogP contribution >= 0.6 is 0 Å². The van der Waals surface area contributed by atoms with Gasteiger partial charge in [-0.2, -0.15) is 0 Å². The number of methoxy groups -OCH3 is 2. The number of amides is 2. The Morgan fingerprint density at radius 3 is 2.50 bits per heavy atom. The van der Waals surface area contributed by atoms with Crippen LogP contribution in [0.2, 0.25) is 0 Å². The molecule has 36 heavy (non-hydrogen) atoms. The molecule has 0 aliphatic carbocycles. The van der Waals surface area contributed by atoms with E-state index >= 15 is 0 Å². The van der Waals surface area contributed by atoms with E-state index in [4.69, 9.17) is 9.47 Å². The van der Waals surface area contributed by atoms with Crippen LogP contribution in [0, 0.1) is 11.7 Å². The molecule has 2 fully saturated rings. The van der Waals surface area contributed by atoms with Crippen molar-refractivity contribution < 1.29 is 23.5 Å². The minimum Gasteiger partial charge on any atom is -0.493 e. The topological polar surface area (TPSA) is 71.1 Å². The van der Waals surface area contributed by atoms with Crippen molar-refractivity contribution in [3.8, 4) is 11.5 Å². The standard InChI is InChI=1S/C28H36FN3O4/c1-5-19(2)25-27(34)32(14-11-20-9-10-23(35-3)24(17-20)36-4)28(30-25)12-15-31(16-13-28)26(33)21-7-6-8-22(29)18-21/h6-10,17-19,25,30H,5,11-16H2,1-4H3/t19-,25+/m0/s1. The summed E-state index contributed by atoms with van der Waals surface area (Å²) >= 11 is 0. The van der Waals surface area contributed by atoms with Crippen molar-refractivity contribution in [1.29, 1.82) is 0 Å². The van der Waals surface area contributed by atoms with Gasteiger partial charge in [0.2, 0.25) is 5.91 Å². The highest BCUT2D eigenvalue weighted by Crippen LogP contribution is 2.36. The van der Waals surface area contributed by atoms with Gasteiger partial charge in [-0.05, 0) is 48.2 Å². The lowest BCUT2D eigenvalue weighted by Crippen LogP contribution is -2.60. The Morgan fingerprint density at radius 1 is 1.14 bits per heavy atom. The molecule has 0 unspecified atom stereocenters. The van der Waals surface area contributed by atoms with E-state index in [0.717, 1.165) is 12.0 Å². The second-order valence-corrected chi connectivity index (χ2v) is 9.77. The molecule has 2 aromatic rings. The molecular weight excluding hydrogens is 461 g/mol. The summed E-state index contributed by atoms with van der Waals surface area (Å²) in [6.07, 6.45) is 2.82. The molecule has 194 valence electrons.